The van der Waals surface area contributed by atoms with Crippen molar-refractivity contribution in [3.63, 3.8) is 0 Å². The van der Waals surface area contributed by atoms with E-state index in [-0.39, 0.29) is 31.1 Å². The van der Waals surface area contributed by atoms with E-state index in [2.05, 4.69) is 41.5 Å². The van der Waals surface area contributed by atoms with Crippen molar-refractivity contribution in [1.29, 1.82) is 0 Å². The Kier molecular flexibility index (Phi) is 42.3. The van der Waals surface area contributed by atoms with Gasteiger partial charge in [-0.05, 0) is 37.0 Å². The zero-order valence-electron chi connectivity index (χ0n) is 39.8. The first-order valence-electron chi connectivity index (χ1n) is 25.7. The highest BCUT2D eigenvalue weighted by Gasteiger charge is 2.19. The summed E-state index contributed by atoms with van der Waals surface area (Å²) in [5.41, 5.74) is 0. The number of hydrogen-bond acceptors (Lipinski definition) is 6. The van der Waals surface area contributed by atoms with Gasteiger partial charge in [0.25, 0.3) is 0 Å². The molecule has 344 valence electrons. The maximum absolute atomic E-state index is 12.8. The summed E-state index contributed by atoms with van der Waals surface area (Å²) in [4.78, 5) is 37.9. The summed E-state index contributed by atoms with van der Waals surface area (Å²) in [6.45, 7) is 13.7. The molecule has 0 N–H and O–H groups in total. The topological polar surface area (TPSA) is 78.9 Å². The molecule has 0 amide bonds. The Hall–Kier alpha value is -1.59. The molecule has 0 saturated carbocycles. The quantitative estimate of drug-likeness (QED) is 0.0346. The third-order valence-electron chi connectivity index (χ3n) is 12.4. The second-order valence-corrected chi connectivity index (χ2v) is 18.8. The zero-order chi connectivity index (χ0) is 42.7. The molecular weight excluding hydrogens is 721 g/mol. The van der Waals surface area contributed by atoms with Crippen molar-refractivity contribution in [2.24, 2.45) is 17.8 Å². The number of carbonyl (C=O) groups is 3. The van der Waals surface area contributed by atoms with Crippen LogP contribution >= 0.6 is 0 Å². The summed E-state index contributed by atoms with van der Waals surface area (Å²) in [5, 5.41) is 0. The number of hydrogen-bond donors (Lipinski definition) is 0. The lowest BCUT2D eigenvalue weighted by molar-refractivity contribution is -0.167. The minimum Gasteiger partial charge on any atom is -0.462 e. The van der Waals surface area contributed by atoms with Gasteiger partial charge in [-0.25, -0.2) is 0 Å². The second kappa shape index (κ2) is 43.5. The van der Waals surface area contributed by atoms with Crippen LogP contribution in [-0.2, 0) is 28.6 Å². The van der Waals surface area contributed by atoms with Crippen LogP contribution in [0, 0.1) is 17.8 Å². The van der Waals surface area contributed by atoms with Gasteiger partial charge in [-0.2, -0.15) is 0 Å². The maximum Gasteiger partial charge on any atom is 0.306 e. The summed E-state index contributed by atoms with van der Waals surface area (Å²) >= 11 is 0. The maximum atomic E-state index is 12.8. The molecule has 0 fully saturated rings. The van der Waals surface area contributed by atoms with Crippen LogP contribution in [0.1, 0.15) is 279 Å². The number of rotatable bonds is 45. The van der Waals surface area contributed by atoms with Crippen LogP contribution < -0.4 is 0 Å². The van der Waals surface area contributed by atoms with Gasteiger partial charge in [0.1, 0.15) is 13.2 Å². The molecule has 0 saturated heterocycles. The van der Waals surface area contributed by atoms with Gasteiger partial charge in [0.15, 0.2) is 6.10 Å². The standard InChI is InChI=1S/C52H100O6/c1-7-47(5)39-33-27-21-15-13-11-9-10-12-14-16-23-29-35-41-50(53)56-44-49(45-57-51(54)42-36-30-25-19-20-26-32-38-46(3)4)58-52(55)43-37-31-24-18-17-22-28-34-40-48(6)8-2/h46-49H,7-45H2,1-6H3/t47?,48?,49-/m1/s1. The van der Waals surface area contributed by atoms with Crippen molar-refractivity contribution in [3.8, 4) is 0 Å². The fourth-order valence-corrected chi connectivity index (χ4v) is 7.70. The molecule has 0 rings (SSSR count). The van der Waals surface area contributed by atoms with Gasteiger partial charge in [-0.1, -0.05) is 241 Å². The van der Waals surface area contributed by atoms with Crippen LogP contribution in [0.3, 0.4) is 0 Å². The van der Waals surface area contributed by atoms with E-state index in [1.165, 1.54) is 161 Å². The molecule has 0 aliphatic carbocycles. The molecule has 3 atom stereocenters. The molecule has 0 aliphatic heterocycles. The lowest BCUT2D eigenvalue weighted by atomic mass is 9.99. The van der Waals surface area contributed by atoms with E-state index in [0.29, 0.717) is 19.3 Å². The smallest absolute Gasteiger partial charge is 0.306 e. The van der Waals surface area contributed by atoms with E-state index in [0.717, 1.165) is 75.5 Å². The van der Waals surface area contributed by atoms with E-state index in [9.17, 15) is 14.4 Å². The third-order valence-corrected chi connectivity index (χ3v) is 12.4. The molecule has 0 bridgehead atoms. The summed E-state index contributed by atoms with van der Waals surface area (Å²) in [5.74, 6) is 1.66. The Bertz CT molecular complexity index is 902. The van der Waals surface area contributed by atoms with Gasteiger partial charge in [-0.3, -0.25) is 14.4 Å². The van der Waals surface area contributed by atoms with Crippen LogP contribution in [0.5, 0.6) is 0 Å². The van der Waals surface area contributed by atoms with Crippen molar-refractivity contribution in [3.05, 3.63) is 0 Å². The van der Waals surface area contributed by atoms with Crippen LogP contribution in [0.2, 0.25) is 0 Å². The molecule has 0 heterocycles. The minimum atomic E-state index is -0.763. The summed E-state index contributed by atoms with van der Waals surface area (Å²) in [7, 11) is 0. The number of carbonyl (C=O) groups excluding carboxylic acids is 3. The van der Waals surface area contributed by atoms with Gasteiger partial charge in [-0.15, -0.1) is 0 Å². The fourth-order valence-electron chi connectivity index (χ4n) is 7.70. The van der Waals surface area contributed by atoms with Crippen LogP contribution in [0.4, 0.5) is 0 Å². The van der Waals surface area contributed by atoms with Crippen molar-refractivity contribution in [1.82, 2.24) is 0 Å². The highest BCUT2D eigenvalue weighted by atomic mass is 16.6. The lowest BCUT2D eigenvalue weighted by Gasteiger charge is -2.18. The van der Waals surface area contributed by atoms with Crippen molar-refractivity contribution >= 4 is 17.9 Å². The van der Waals surface area contributed by atoms with Crippen LogP contribution in [0.15, 0.2) is 0 Å². The number of unbranched alkanes of at least 4 members (excludes halogenated alkanes) is 26. The SMILES string of the molecule is CCC(C)CCCCCCCCCCCCCCCCC(=O)OC[C@H](COC(=O)CCCCCCCCCC(C)C)OC(=O)CCCCCCCCCCC(C)CC. The van der Waals surface area contributed by atoms with E-state index >= 15 is 0 Å². The van der Waals surface area contributed by atoms with Gasteiger partial charge in [0.2, 0.25) is 0 Å². The molecule has 0 aromatic rings. The molecule has 6 nitrogen and oxygen atoms in total. The number of ether oxygens (including phenoxy) is 3. The van der Waals surface area contributed by atoms with E-state index in [1.54, 1.807) is 0 Å². The van der Waals surface area contributed by atoms with E-state index < -0.39 is 6.10 Å². The average molecular weight is 821 g/mol. The van der Waals surface area contributed by atoms with Gasteiger partial charge in [0.05, 0.1) is 0 Å². The lowest BCUT2D eigenvalue weighted by Crippen LogP contribution is -2.30. The molecule has 0 aliphatic rings. The Morgan fingerprint density at radius 2 is 0.603 bits per heavy atom. The molecular formula is C52H100O6. The minimum absolute atomic E-state index is 0.0655. The Labute approximate surface area is 361 Å². The second-order valence-electron chi connectivity index (χ2n) is 18.8. The van der Waals surface area contributed by atoms with Gasteiger partial charge < -0.3 is 14.2 Å². The van der Waals surface area contributed by atoms with E-state index in [1.807, 2.05) is 0 Å². The summed E-state index contributed by atoms with van der Waals surface area (Å²) in [6.07, 6.45) is 42.3. The predicted octanol–water partition coefficient (Wildman–Crippen LogP) is 16.4. The largest absolute Gasteiger partial charge is 0.462 e. The molecule has 0 aromatic carbocycles. The van der Waals surface area contributed by atoms with E-state index in [4.69, 9.17) is 14.2 Å². The average Bonchev–Trinajstić information content (AvgIpc) is 3.21. The first-order chi connectivity index (χ1) is 28.2. The predicted molar refractivity (Wildman–Crippen MR) is 247 cm³/mol. The van der Waals surface area contributed by atoms with Crippen LogP contribution in [0.25, 0.3) is 0 Å². The fraction of sp³-hybridized carbons (Fsp3) is 0.942. The summed E-state index contributed by atoms with van der Waals surface area (Å²) < 4.78 is 16.8. The van der Waals surface area contributed by atoms with Crippen molar-refractivity contribution < 1.29 is 28.6 Å². The van der Waals surface area contributed by atoms with Crippen molar-refractivity contribution in [2.45, 2.75) is 285 Å². The molecule has 6 heteroatoms. The Balaban J connectivity index is 4.27. The van der Waals surface area contributed by atoms with Crippen LogP contribution in [-0.4, -0.2) is 37.2 Å². The first-order valence-corrected chi connectivity index (χ1v) is 25.7. The normalized spacial score (nSPS) is 13.1. The third kappa shape index (κ3) is 42.5. The highest BCUT2D eigenvalue weighted by Crippen LogP contribution is 2.18. The highest BCUT2D eigenvalue weighted by molar-refractivity contribution is 5.71. The summed E-state index contributed by atoms with van der Waals surface area (Å²) in [6, 6.07) is 0. The molecule has 0 spiro atoms. The first kappa shape index (κ1) is 56.4. The Morgan fingerprint density at radius 1 is 0.345 bits per heavy atom. The Morgan fingerprint density at radius 3 is 0.897 bits per heavy atom. The van der Waals surface area contributed by atoms with Gasteiger partial charge in [0, 0.05) is 19.3 Å². The monoisotopic (exact) mass is 821 g/mol. The molecule has 2 unspecified atom stereocenters. The zero-order valence-corrected chi connectivity index (χ0v) is 39.8. The molecule has 58 heavy (non-hydrogen) atoms. The molecule has 0 radical (unpaired) electrons. The molecule has 0 aromatic heterocycles. The van der Waals surface area contributed by atoms with Gasteiger partial charge >= 0.3 is 17.9 Å². The van der Waals surface area contributed by atoms with Crippen molar-refractivity contribution in [2.75, 3.05) is 13.2 Å². The number of esters is 3.